The van der Waals surface area contributed by atoms with Gasteiger partial charge in [0.05, 0.1) is 16.9 Å². The molecule has 154 valence electrons. The normalized spacial score (nSPS) is 15.1. The fraction of sp³-hybridized carbons (Fsp3) is 0.273. The zero-order valence-electron chi connectivity index (χ0n) is 16.7. The summed E-state index contributed by atoms with van der Waals surface area (Å²) in [6.07, 6.45) is 0.162. The Morgan fingerprint density at radius 2 is 2.07 bits per heavy atom. The number of fused-ring (bicyclic) bond motifs is 2. The Hall–Kier alpha value is -3.23. The first kappa shape index (κ1) is 18.8. The van der Waals surface area contributed by atoms with E-state index in [9.17, 15) is 14.6 Å². The van der Waals surface area contributed by atoms with Crippen molar-refractivity contribution >= 4 is 10.9 Å². The monoisotopic (exact) mass is 407 g/mol. The van der Waals surface area contributed by atoms with Crippen molar-refractivity contribution in [3.63, 3.8) is 0 Å². The molecule has 1 atom stereocenters. The number of nitrogens with one attached hydrogen (secondary N) is 2. The molecule has 1 aliphatic heterocycles. The molecule has 0 fully saturated rings. The Bertz CT molecular complexity index is 1240. The van der Waals surface area contributed by atoms with E-state index in [0.29, 0.717) is 25.3 Å². The van der Waals surface area contributed by atoms with Crippen LogP contribution in [0.4, 0.5) is 4.39 Å². The average Bonchev–Trinajstić information content (AvgIpc) is 3.41. The summed E-state index contributed by atoms with van der Waals surface area (Å²) in [6, 6.07) is 8.66. The van der Waals surface area contributed by atoms with Gasteiger partial charge in [0.25, 0.3) is 0 Å². The van der Waals surface area contributed by atoms with Crippen molar-refractivity contribution < 1.29 is 14.6 Å². The second-order valence-corrected chi connectivity index (χ2v) is 7.69. The fourth-order valence-electron chi connectivity index (χ4n) is 4.07. The van der Waals surface area contributed by atoms with E-state index < -0.39 is 12.0 Å². The molecule has 0 spiro atoms. The van der Waals surface area contributed by atoms with Crippen molar-refractivity contribution in [3.8, 4) is 28.4 Å². The van der Waals surface area contributed by atoms with Gasteiger partial charge in [0.2, 0.25) is 0 Å². The summed E-state index contributed by atoms with van der Waals surface area (Å²) in [5.41, 5.74) is 5.93. The largest absolute Gasteiger partial charge is 0.505 e. The van der Waals surface area contributed by atoms with Gasteiger partial charge in [-0.15, -0.1) is 0 Å². The second-order valence-electron chi connectivity index (χ2n) is 7.69. The molecule has 0 aliphatic carbocycles. The van der Waals surface area contributed by atoms with Gasteiger partial charge in [-0.1, -0.05) is 13.0 Å². The molecule has 7 nitrogen and oxygen atoms in total. The fourth-order valence-corrected chi connectivity index (χ4v) is 4.07. The molecule has 1 aliphatic rings. The number of aliphatic hydroxyl groups excluding tert-OH is 1. The molecule has 2 aromatic carbocycles. The molecule has 0 saturated carbocycles. The van der Waals surface area contributed by atoms with Crippen LogP contribution in [0.2, 0.25) is 0 Å². The summed E-state index contributed by atoms with van der Waals surface area (Å²) >= 11 is 0. The second kappa shape index (κ2) is 6.93. The van der Waals surface area contributed by atoms with Gasteiger partial charge < -0.3 is 15.2 Å². The number of H-pyrrole nitrogens is 2. The van der Waals surface area contributed by atoms with Gasteiger partial charge in [-0.3, -0.25) is 10.00 Å². The number of halogens is 1. The Labute approximate surface area is 172 Å². The van der Waals surface area contributed by atoms with Crippen LogP contribution < -0.4 is 0 Å². The maximum Gasteiger partial charge on any atom is 0.165 e. The molecule has 0 radical (unpaired) electrons. The van der Waals surface area contributed by atoms with E-state index in [1.54, 1.807) is 6.92 Å². The highest BCUT2D eigenvalue weighted by atomic mass is 19.1. The molecule has 30 heavy (non-hydrogen) atoms. The molecule has 0 saturated heterocycles. The first-order valence-corrected chi connectivity index (χ1v) is 9.94. The van der Waals surface area contributed by atoms with E-state index in [4.69, 9.17) is 0 Å². The number of hydrogen-bond acceptors (Lipinski definition) is 5. The van der Waals surface area contributed by atoms with Crippen LogP contribution in [0.5, 0.6) is 5.75 Å². The van der Waals surface area contributed by atoms with Gasteiger partial charge in [-0.25, -0.2) is 9.37 Å². The lowest BCUT2D eigenvalue weighted by Crippen LogP contribution is -2.27. The van der Waals surface area contributed by atoms with Crippen molar-refractivity contribution in [1.29, 1.82) is 0 Å². The van der Waals surface area contributed by atoms with Gasteiger partial charge in [0.15, 0.2) is 17.4 Å². The maximum atomic E-state index is 14.0. The number of imidazole rings is 1. The number of aryl methyl sites for hydroxylation is 1. The molecule has 1 unspecified atom stereocenters. The first-order chi connectivity index (χ1) is 14.4. The lowest BCUT2D eigenvalue weighted by atomic mass is 9.96. The molecular formula is C22H22FN5O2. The third-order valence-corrected chi connectivity index (χ3v) is 5.76. The molecule has 4 N–H and O–H groups in total. The van der Waals surface area contributed by atoms with Gasteiger partial charge in [0.1, 0.15) is 11.9 Å². The topological polar surface area (TPSA) is 101 Å². The number of aromatic nitrogens is 4. The number of aromatic amines is 2. The number of phenolic OH excluding ortho intramolecular Hbond substituents is 1. The highest BCUT2D eigenvalue weighted by molar-refractivity contribution is 5.94. The van der Waals surface area contributed by atoms with Crippen molar-refractivity contribution in [1.82, 2.24) is 25.1 Å². The first-order valence-electron chi connectivity index (χ1n) is 9.94. The van der Waals surface area contributed by atoms with Gasteiger partial charge in [-0.05, 0) is 54.3 Å². The molecule has 8 heteroatoms. The number of benzene rings is 2. The van der Waals surface area contributed by atoms with Crippen molar-refractivity contribution in [3.05, 3.63) is 53.1 Å². The lowest BCUT2D eigenvalue weighted by molar-refractivity contribution is 0.0146. The van der Waals surface area contributed by atoms with Crippen LogP contribution in [-0.4, -0.2) is 41.5 Å². The van der Waals surface area contributed by atoms with Crippen LogP contribution in [0.25, 0.3) is 33.5 Å². The highest BCUT2D eigenvalue weighted by Crippen LogP contribution is 2.34. The molecule has 0 bridgehead atoms. The number of hydrogen-bond donors (Lipinski definition) is 4. The quantitative estimate of drug-likeness (QED) is 0.413. The van der Waals surface area contributed by atoms with E-state index in [1.165, 1.54) is 12.1 Å². The van der Waals surface area contributed by atoms with Crippen LogP contribution in [0.15, 0.2) is 30.3 Å². The van der Waals surface area contributed by atoms with Crippen LogP contribution in [0.3, 0.4) is 0 Å². The molecule has 0 amide bonds. The van der Waals surface area contributed by atoms with Gasteiger partial charge >= 0.3 is 0 Å². The summed E-state index contributed by atoms with van der Waals surface area (Å²) in [6.45, 7) is 4.94. The summed E-state index contributed by atoms with van der Waals surface area (Å²) in [5, 5.41) is 27.8. The Kier molecular flexibility index (Phi) is 4.34. The zero-order chi connectivity index (χ0) is 21.0. The van der Waals surface area contributed by atoms with Crippen molar-refractivity contribution in [2.24, 2.45) is 0 Å². The minimum absolute atomic E-state index is 0.333. The SMILES string of the molecule is CCc1cc(O)c(F)cc1-c1ccc2c(-c3nc4c([nH]3)CN(C(C)O)C4)n[nH]c2c1. The minimum atomic E-state index is -0.635. The number of rotatable bonds is 4. The Balaban J connectivity index is 1.52. The van der Waals surface area contributed by atoms with Crippen molar-refractivity contribution in [2.45, 2.75) is 39.6 Å². The van der Waals surface area contributed by atoms with Gasteiger partial charge in [0, 0.05) is 18.5 Å². The van der Waals surface area contributed by atoms with E-state index in [1.807, 2.05) is 30.0 Å². The number of phenols is 1. The summed E-state index contributed by atoms with van der Waals surface area (Å²) in [4.78, 5) is 9.93. The predicted molar refractivity (Wildman–Crippen MR) is 111 cm³/mol. The van der Waals surface area contributed by atoms with Gasteiger partial charge in [-0.2, -0.15) is 5.10 Å². The Morgan fingerprint density at radius 3 is 2.80 bits per heavy atom. The highest BCUT2D eigenvalue weighted by Gasteiger charge is 2.27. The third kappa shape index (κ3) is 2.96. The maximum absolute atomic E-state index is 14.0. The minimum Gasteiger partial charge on any atom is -0.505 e. The lowest BCUT2D eigenvalue weighted by Gasteiger charge is -2.17. The summed E-state index contributed by atoms with van der Waals surface area (Å²) < 4.78 is 14.0. The van der Waals surface area contributed by atoms with Crippen molar-refractivity contribution in [2.75, 3.05) is 0 Å². The Morgan fingerprint density at radius 1 is 1.23 bits per heavy atom. The molecule has 4 aromatic rings. The smallest absolute Gasteiger partial charge is 0.165 e. The number of aromatic hydroxyl groups is 1. The third-order valence-electron chi connectivity index (χ3n) is 5.76. The van der Waals surface area contributed by atoms with Crippen LogP contribution >= 0.6 is 0 Å². The van der Waals surface area contributed by atoms with E-state index in [0.717, 1.165) is 44.7 Å². The molecule has 5 rings (SSSR count). The van der Waals surface area contributed by atoms with E-state index in [2.05, 4.69) is 20.2 Å². The molecular weight excluding hydrogens is 385 g/mol. The van der Waals surface area contributed by atoms with Crippen LogP contribution in [-0.2, 0) is 19.5 Å². The van der Waals surface area contributed by atoms with E-state index >= 15 is 0 Å². The standard InChI is InChI=1S/C22H22FN5O2/c1-3-12-7-20(30)16(23)8-15(12)13-4-5-14-17(6-13)26-27-21(14)22-24-18-9-28(11(2)29)10-19(18)25-22/h4-8,11,29-30H,3,9-10H2,1-2H3,(H,24,25)(H,26,27). The summed E-state index contributed by atoms with van der Waals surface area (Å²) in [5.74, 6) is -0.279. The molecule has 3 heterocycles. The number of aliphatic hydroxyl groups is 1. The molecule has 2 aromatic heterocycles. The van der Waals surface area contributed by atoms with Crippen LogP contribution in [0, 0.1) is 5.82 Å². The van der Waals surface area contributed by atoms with E-state index in [-0.39, 0.29) is 5.75 Å². The number of nitrogens with zero attached hydrogens (tertiary/aromatic N) is 3. The zero-order valence-corrected chi connectivity index (χ0v) is 16.7. The summed E-state index contributed by atoms with van der Waals surface area (Å²) in [7, 11) is 0. The predicted octanol–water partition coefficient (Wildman–Crippen LogP) is 3.68. The average molecular weight is 407 g/mol. The van der Waals surface area contributed by atoms with Crippen LogP contribution in [0.1, 0.15) is 30.8 Å².